The third kappa shape index (κ3) is 50.4. The highest BCUT2D eigenvalue weighted by molar-refractivity contribution is 5.76. The van der Waals surface area contributed by atoms with Gasteiger partial charge in [0.2, 0.25) is 5.91 Å². The lowest BCUT2D eigenvalue weighted by Crippen LogP contribution is -2.45. The van der Waals surface area contributed by atoms with Crippen LogP contribution in [0, 0.1) is 0 Å². The predicted octanol–water partition coefficient (Wildman–Crippen LogP) is 19.1. The number of carbonyl (C=O) groups excluding carboxylic acids is 1. The Morgan fingerprint density at radius 1 is 0.323 bits per heavy atom. The fourth-order valence-corrected chi connectivity index (χ4v) is 9.66. The van der Waals surface area contributed by atoms with Crippen LogP contribution in [-0.2, 0) is 4.79 Å². The number of carbonyl (C=O) groups is 1. The van der Waals surface area contributed by atoms with Crippen LogP contribution in [0.5, 0.6) is 0 Å². The van der Waals surface area contributed by atoms with Gasteiger partial charge in [-0.05, 0) is 12.8 Å². The Morgan fingerprint density at radius 2 is 0.516 bits per heavy atom. The molecule has 0 unspecified atom stereocenters. The maximum atomic E-state index is 12.5. The minimum Gasteiger partial charge on any atom is -0.394 e. The first-order valence-corrected chi connectivity index (χ1v) is 29.2. The fraction of sp³-hybridized carbons (Fsp3) is 0.983. The molecule has 0 saturated carbocycles. The van der Waals surface area contributed by atoms with Crippen molar-refractivity contribution in [1.82, 2.24) is 5.32 Å². The smallest absolute Gasteiger partial charge is 0.220 e. The minimum absolute atomic E-state index is 0.0220. The van der Waals surface area contributed by atoms with E-state index in [0.717, 1.165) is 25.7 Å². The Kier molecular flexibility index (Phi) is 54.2. The lowest BCUT2D eigenvalue weighted by atomic mass is 10.0. The van der Waals surface area contributed by atoms with Crippen LogP contribution in [0.3, 0.4) is 0 Å². The third-order valence-corrected chi connectivity index (χ3v) is 14.1. The van der Waals surface area contributed by atoms with Crippen LogP contribution in [0.1, 0.15) is 348 Å². The lowest BCUT2D eigenvalue weighted by Gasteiger charge is -2.22. The van der Waals surface area contributed by atoms with Crippen LogP contribution in [0.4, 0.5) is 0 Å². The Labute approximate surface area is 391 Å². The van der Waals surface area contributed by atoms with E-state index in [1.807, 2.05) is 0 Å². The quantitative estimate of drug-likeness (QED) is 0.0533. The number of unbranched alkanes of at least 4 members (excludes halogenated alkanes) is 48. The van der Waals surface area contributed by atoms with Crippen molar-refractivity contribution in [2.75, 3.05) is 6.61 Å². The van der Waals surface area contributed by atoms with Crippen LogP contribution < -0.4 is 5.32 Å². The molecule has 1 amide bonds. The van der Waals surface area contributed by atoms with E-state index in [4.69, 9.17) is 0 Å². The SMILES string of the molecule is CCCCCCCCCCCCCCCCCCCCCCCCCCCCCCCCCCCC(=O)N[C@@H](CO)[C@H](O)CCCCCCCCCCCCCCCCCCC. The first-order chi connectivity index (χ1) is 30.7. The molecule has 0 radical (unpaired) electrons. The van der Waals surface area contributed by atoms with Gasteiger partial charge in [0.25, 0.3) is 0 Å². The van der Waals surface area contributed by atoms with Gasteiger partial charge in [-0.25, -0.2) is 0 Å². The molecule has 4 nitrogen and oxygen atoms in total. The summed E-state index contributed by atoms with van der Waals surface area (Å²) in [6, 6.07) is -0.531. The highest BCUT2D eigenvalue weighted by atomic mass is 16.3. The van der Waals surface area contributed by atoms with Crippen molar-refractivity contribution in [3.63, 3.8) is 0 Å². The average molecular weight is 877 g/mol. The zero-order valence-electron chi connectivity index (χ0n) is 42.9. The molecule has 62 heavy (non-hydrogen) atoms. The highest BCUT2D eigenvalue weighted by Crippen LogP contribution is 2.19. The van der Waals surface area contributed by atoms with Gasteiger partial charge >= 0.3 is 0 Å². The van der Waals surface area contributed by atoms with E-state index in [2.05, 4.69) is 19.2 Å². The molecular formula is C58H117NO3. The van der Waals surface area contributed by atoms with E-state index in [1.54, 1.807) is 0 Å². The fourth-order valence-electron chi connectivity index (χ4n) is 9.66. The van der Waals surface area contributed by atoms with Crippen LogP contribution in [0.15, 0.2) is 0 Å². The molecule has 0 aromatic rings. The molecule has 0 bridgehead atoms. The van der Waals surface area contributed by atoms with Gasteiger partial charge in [0.1, 0.15) is 0 Å². The third-order valence-electron chi connectivity index (χ3n) is 14.1. The van der Waals surface area contributed by atoms with Crippen LogP contribution in [-0.4, -0.2) is 34.9 Å². The monoisotopic (exact) mass is 876 g/mol. The van der Waals surface area contributed by atoms with Crippen molar-refractivity contribution < 1.29 is 15.0 Å². The molecule has 0 aliphatic heterocycles. The standard InChI is InChI=1S/C58H117NO3/c1-3-5-7-9-11-13-15-17-19-21-22-23-24-25-26-27-28-29-30-31-32-33-34-35-36-38-40-42-44-46-48-50-52-54-58(62)59-56(55-60)57(61)53-51-49-47-45-43-41-39-37-20-18-16-14-12-10-8-6-4-2/h56-57,60-61H,3-55H2,1-2H3,(H,59,62)/t56-,57+/m0/s1. The van der Waals surface area contributed by atoms with E-state index >= 15 is 0 Å². The topological polar surface area (TPSA) is 69.6 Å². The number of rotatable bonds is 55. The van der Waals surface area contributed by atoms with E-state index in [0.29, 0.717) is 12.8 Å². The van der Waals surface area contributed by atoms with Crippen molar-refractivity contribution in [3.05, 3.63) is 0 Å². The van der Waals surface area contributed by atoms with Gasteiger partial charge in [-0.3, -0.25) is 4.79 Å². The molecule has 3 N–H and O–H groups in total. The summed E-state index contributed by atoms with van der Waals surface area (Å²) < 4.78 is 0. The Balaban J connectivity index is 3.35. The van der Waals surface area contributed by atoms with Gasteiger partial charge in [0, 0.05) is 6.42 Å². The second-order valence-electron chi connectivity index (χ2n) is 20.4. The number of aliphatic hydroxyl groups is 2. The second-order valence-corrected chi connectivity index (χ2v) is 20.4. The first-order valence-electron chi connectivity index (χ1n) is 29.2. The number of hydrogen-bond donors (Lipinski definition) is 3. The van der Waals surface area contributed by atoms with Gasteiger partial charge in [-0.2, -0.15) is 0 Å². The molecule has 4 heteroatoms. The van der Waals surface area contributed by atoms with E-state index in [-0.39, 0.29) is 12.5 Å². The normalized spacial score (nSPS) is 12.6. The van der Waals surface area contributed by atoms with Crippen molar-refractivity contribution >= 4 is 5.91 Å². The molecule has 0 aliphatic carbocycles. The van der Waals surface area contributed by atoms with E-state index in [1.165, 1.54) is 295 Å². The Hall–Kier alpha value is -0.610. The molecule has 0 spiro atoms. The summed E-state index contributed by atoms with van der Waals surface area (Å²) in [6.45, 7) is 4.40. The van der Waals surface area contributed by atoms with Crippen molar-refractivity contribution in [2.24, 2.45) is 0 Å². The molecule has 372 valence electrons. The van der Waals surface area contributed by atoms with Gasteiger partial charge in [-0.15, -0.1) is 0 Å². The molecule has 0 fully saturated rings. The first kappa shape index (κ1) is 61.4. The molecule has 0 aromatic heterocycles. The Bertz CT molecular complexity index is 819. The van der Waals surface area contributed by atoms with Crippen LogP contribution in [0.2, 0.25) is 0 Å². The van der Waals surface area contributed by atoms with Crippen molar-refractivity contribution in [2.45, 2.75) is 360 Å². The van der Waals surface area contributed by atoms with Crippen LogP contribution >= 0.6 is 0 Å². The molecule has 0 rings (SSSR count). The number of aliphatic hydroxyl groups excluding tert-OH is 2. The summed E-state index contributed by atoms with van der Waals surface area (Å²) in [6.07, 6.45) is 69.7. The highest BCUT2D eigenvalue weighted by Gasteiger charge is 2.20. The van der Waals surface area contributed by atoms with E-state index < -0.39 is 12.1 Å². The molecular weight excluding hydrogens is 759 g/mol. The summed E-state index contributed by atoms with van der Waals surface area (Å²) in [4.78, 5) is 12.5. The van der Waals surface area contributed by atoms with Gasteiger partial charge in [0.05, 0.1) is 18.8 Å². The second kappa shape index (κ2) is 54.7. The molecule has 0 aromatic carbocycles. The van der Waals surface area contributed by atoms with Crippen molar-refractivity contribution in [3.8, 4) is 0 Å². The van der Waals surface area contributed by atoms with Gasteiger partial charge in [-0.1, -0.05) is 328 Å². The maximum absolute atomic E-state index is 12.5. The summed E-state index contributed by atoms with van der Waals surface area (Å²) in [7, 11) is 0. The zero-order valence-corrected chi connectivity index (χ0v) is 42.9. The van der Waals surface area contributed by atoms with Crippen molar-refractivity contribution in [1.29, 1.82) is 0 Å². The summed E-state index contributed by atoms with van der Waals surface area (Å²) >= 11 is 0. The molecule has 0 aliphatic rings. The summed E-state index contributed by atoms with van der Waals surface area (Å²) in [5.74, 6) is -0.0220. The molecule has 0 saturated heterocycles. The maximum Gasteiger partial charge on any atom is 0.220 e. The Morgan fingerprint density at radius 3 is 0.726 bits per heavy atom. The number of amides is 1. The zero-order chi connectivity index (χ0) is 44.9. The van der Waals surface area contributed by atoms with Crippen LogP contribution in [0.25, 0.3) is 0 Å². The van der Waals surface area contributed by atoms with E-state index in [9.17, 15) is 15.0 Å². The lowest BCUT2D eigenvalue weighted by molar-refractivity contribution is -0.123. The largest absolute Gasteiger partial charge is 0.394 e. The van der Waals surface area contributed by atoms with Gasteiger partial charge in [0.15, 0.2) is 0 Å². The predicted molar refractivity (Wildman–Crippen MR) is 276 cm³/mol. The van der Waals surface area contributed by atoms with Gasteiger partial charge < -0.3 is 15.5 Å². The molecule has 2 atom stereocenters. The molecule has 0 heterocycles. The average Bonchev–Trinajstić information content (AvgIpc) is 3.28. The summed E-state index contributed by atoms with van der Waals surface area (Å²) in [5.41, 5.74) is 0. The number of hydrogen-bond acceptors (Lipinski definition) is 3. The number of nitrogens with one attached hydrogen (secondary N) is 1. The summed E-state index contributed by atoms with van der Waals surface area (Å²) in [5, 5.41) is 23.3. The minimum atomic E-state index is -0.654.